The van der Waals surface area contributed by atoms with Crippen molar-refractivity contribution in [2.24, 2.45) is 0 Å². The predicted molar refractivity (Wildman–Crippen MR) is 54.1 cm³/mol. The third-order valence-electron chi connectivity index (χ3n) is 2.91. The Balaban J connectivity index is 1.99. The zero-order chi connectivity index (χ0) is 9.54. The molecule has 3 rings (SSSR count). The second kappa shape index (κ2) is 2.82. The van der Waals surface area contributed by atoms with Gasteiger partial charge in [0.25, 0.3) is 0 Å². The quantitative estimate of drug-likeness (QED) is 0.717. The number of rotatable bonds is 1. The molecule has 3 heteroatoms. The molecule has 72 valence electrons. The monoisotopic (exact) mass is 188 g/mol. The number of nitrogens with one attached hydrogen (secondary N) is 1. The predicted octanol–water partition coefficient (Wildman–Crippen LogP) is 1.80. The molecule has 0 bridgehead atoms. The minimum atomic E-state index is -0.117. The molecular weight excluding hydrogens is 176 g/mol. The molecule has 1 aliphatic carbocycles. The Morgan fingerprint density at radius 1 is 1.29 bits per heavy atom. The van der Waals surface area contributed by atoms with Crippen molar-refractivity contribution >= 4 is 11.0 Å². The summed E-state index contributed by atoms with van der Waals surface area (Å²) in [6.07, 6.45) is 1.58. The lowest BCUT2D eigenvalue weighted by Gasteiger charge is -2.29. The maximum atomic E-state index is 9.21. The Morgan fingerprint density at radius 3 is 2.79 bits per heavy atom. The normalized spacial score (nSPS) is 26.4. The number of H-pyrrole nitrogens is 1. The summed E-state index contributed by atoms with van der Waals surface area (Å²) < 4.78 is 0. The van der Waals surface area contributed by atoms with E-state index in [2.05, 4.69) is 9.97 Å². The highest BCUT2D eigenvalue weighted by Gasteiger charge is 2.30. The molecule has 1 saturated carbocycles. The van der Waals surface area contributed by atoms with Gasteiger partial charge in [-0.05, 0) is 25.0 Å². The molecule has 2 N–H and O–H groups in total. The number of aliphatic hydroxyl groups is 1. The van der Waals surface area contributed by atoms with Gasteiger partial charge in [-0.25, -0.2) is 4.98 Å². The van der Waals surface area contributed by atoms with Crippen molar-refractivity contribution in [3.05, 3.63) is 30.1 Å². The first-order chi connectivity index (χ1) is 6.83. The second-order valence-electron chi connectivity index (χ2n) is 3.96. The van der Waals surface area contributed by atoms with Crippen LogP contribution in [0.15, 0.2) is 24.3 Å². The number of para-hydroxylation sites is 2. The average molecular weight is 188 g/mol. The number of nitrogens with zero attached hydrogens (tertiary/aromatic N) is 1. The van der Waals surface area contributed by atoms with Crippen LogP contribution in [0.25, 0.3) is 11.0 Å². The van der Waals surface area contributed by atoms with Crippen molar-refractivity contribution in [1.82, 2.24) is 9.97 Å². The van der Waals surface area contributed by atoms with Crippen LogP contribution >= 0.6 is 0 Å². The number of imidazole rings is 1. The number of aromatic nitrogens is 2. The lowest BCUT2D eigenvalue weighted by molar-refractivity contribution is 0.0720. The van der Waals surface area contributed by atoms with Crippen LogP contribution in [0.5, 0.6) is 0 Å². The van der Waals surface area contributed by atoms with Crippen LogP contribution in [0.3, 0.4) is 0 Å². The summed E-state index contributed by atoms with van der Waals surface area (Å²) in [5.74, 6) is 1.45. The summed E-state index contributed by atoms with van der Waals surface area (Å²) in [5, 5.41) is 9.21. The van der Waals surface area contributed by atoms with Gasteiger partial charge < -0.3 is 10.1 Å². The summed E-state index contributed by atoms with van der Waals surface area (Å²) >= 11 is 0. The van der Waals surface area contributed by atoms with E-state index < -0.39 is 0 Å². The number of benzene rings is 1. The van der Waals surface area contributed by atoms with Gasteiger partial charge in [-0.1, -0.05) is 12.1 Å². The molecule has 1 aliphatic rings. The van der Waals surface area contributed by atoms with Gasteiger partial charge >= 0.3 is 0 Å². The van der Waals surface area contributed by atoms with E-state index in [1.165, 1.54) is 0 Å². The third kappa shape index (κ3) is 1.13. The van der Waals surface area contributed by atoms with E-state index in [4.69, 9.17) is 0 Å². The molecular formula is C11H12N2O. The maximum absolute atomic E-state index is 9.21. The molecule has 14 heavy (non-hydrogen) atoms. The molecule has 0 atom stereocenters. The Kier molecular flexibility index (Phi) is 1.61. The van der Waals surface area contributed by atoms with Crippen molar-refractivity contribution in [2.45, 2.75) is 24.9 Å². The lowest BCUT2D eigenvalue weighted by atomic mass is 9.82. The van der Waals surface area contributed by atoms with Gasteiger partial charge in [0.15, 0.2) is 0 Å². The van der Waals surface area contributed by atoms with Gasteiger partial charge in [0.1, 0.15) is 5.82 Å². The molecule has 0 aliphatic heterocycles. The van der Waals surface area contributed by atoms with E-state index in [1.807, 2.05) is 24.3 Å². The largest absolute Gasteiger partial charge is 0.393 e. The topological polar surface area (TPSA) is 48.9 Å². The van der Waals surface area contributed by atoms with Gasteiger partial charge in [-0.2, -0.15) is 0 Å². The fourth-order valence-corrected chi connectivity index (χ4v) is 1.98. The van der Waals surface area contributed by atoms with Crippen LogP contribution in [0.4, 0.5) is 0 Å². The highest BCUT2D eigenvalue weighted by Crippen LogP contribution is 2.35. The fraction of sp³-hybridized carbons (Fsp3) is 0.364. The highest BCUT2D eigenvalue weighted by atomic mass is 16.3. The molecule has 0 spiro atoms. The first kappa shape index (κ1) is 8.00. The molecule has 0 unspecified atom stereocenters. The van der Waals surface area contributed by atoms with Crippen LogP contribution < -0.4 is 0 Å². The molecule has 3 nitrogen and oxygen atoms in total. The van der Waals surface area contributed by atoms with E-state index in [1.54, 1.807) is 0 Å². The van der Waals surface area contributed by atoms with Crippen LogP contribution in [0, 0.1) is 0 Å². The fourth-order valence-electron chi connectivity index (χ4n) is 1.98. The summed E-state index contributed by atoms with van der Waals surface area (Å²) in [4.78, 5) is 7.80. The molecule has 2 aromatic rings. The Bertz CT molecular complexity index is 424. The smallest absolute Gasteiger partial charge is 0.110 e. The van der Waals surface area contributed by atoms with Crippen molar-refractivity contribution in [2.75, 3.05) is 0 Å². The zero-order valence-corrected chi connectivity index (χ0v) is 7.77. The first-order valence-electron chi connectivity index (χ1n) is 4.95. The van der Waals surface area contributed by atoms with E-state index in [9.17, 15) is 5.11 Å². The molecule has 1 aromatic heterocycles. The van der Waals surface area contributed by atoms with Gasteiger partial charge in [-0.3, -0.25) is 0 Å². The standard InChI is InChI=1S/C11H12N2O/c14-8-5-7(6-8)11-12-9-3-1-2-4-10(9)13-11/h1-4,7-8,14H,5-6H2,(H,12,13). The van der Waals surface area contributed by atoms with E-state index in [0.717, 1.165) is 29.7 Å². The van der Waals surface area contributed by atoms with Gasteiger partial charge in [0.05, 0.1) is 17.1 Å². The number of hydrogen-bond donors (Lipinski definition) is 2. The van der Waals surface area contributed by atoms with E-state index >= 15 is 0 Å². The van der Waals surface area contributed by atoms with Gasteiger partial charge in [-0.15, -0.1) is 0 Å². The SMILES string of the molecule is OC1CC(c2nc3ccccc3[nH]2)C1. The van der Waals surface area contributed by atoms with Crippen LogP contribution in [-0.4, -0.2) is 21.2 Å². The number of aliphatic hydroxyl groups excluding tert-OH is 1. The number of hydrogen-bond acceptors (Lipinski definition) is 2. The molecule has 0 saturated heterocycles. The molecule has 1 heterocycles. The Labute approximate surface area is 81.8 Å². The maximum Gasteiger partial charge on any atom is 0.110 e. The van der Waals surface area contributed by atoms with E-state index in [0.29, 0.717) is 5.92 Å². The molecule has 0 radical (unpaired) electrons. The number of fused-ring (bicyclic) bond motifs is 1. The minimum Gasteiger partial charge on any atom is -0.393 e. The Morgan fingerprint density at radius 2 is 2.07 bits per heavy atom. The van der Waals surface area contributed by atoms with Crippen molar-refractivity contribution < 1.29 is 5.11 Å². The summed E-state index contributed by atoms with van der Waals surface area (Å²) in [6, 6.07) is 8.02. The minimum absolute atomic E-state index is 0.117. The number of aromatic amines is 1. The highest BCUT2D eigenvalue weighted by molar-refractivity contribution is 5.74. The zero-order valence-electron chi connectivity index (χ0n) is 7.77. The van der Waals surface area contributed by atoms with Gasteiger partial charge in [0, 0.05) is 5.92 Å². The molecule has 1 fully saturated rings. The van der Waals surface area contributed by atoms with Crippen LogP contribution in [0.1, 0.15) is 24.6 Å². The summed E-state index contributed by atoms with van der Waals surface area (Å²) in [7, 11) is 0. The third-order valence-corrected chi connectivity index (χ3v) is 2.91. The van der Waals surface area contributed by atoms with Crippen molar-refractivity contribution in [1.29, 1.82) is 0 Å². The van der Waals surface area contributed by atoms with Crippen LogP contribution in [0.2, 0.25) is 0 Å². The molecule has 1 aromatic carbocycles. The van der Waals surface area contributed by atoms with E-state index in [-0.39, 0.29) is 6.10 Å². The van der Waals surface area contributed by atoms with Crippen molar-refractivity contribution in [3.63, 3.8) is 0 Å². The van der Waals surface area contributed by atoms with Crippen molar-refractivity contribution in [3.8, 4) is 0 Å². The first-order valence-corrected chi connectivity index (χ1v) is 4.95. The second-order valence-corrected chi connectivity index (χ2v) is 3.96. The van der Waals surface area contributed by atoms with Gasteiger partial charge in [0.2, 0.25) is 0 Å². The molecule has 0 amide bonds. The van der Waals surface area contributed by atoms with Crippen LogP contribution in [-0.2, 0) is 0 Å². The Hall–Kier alpha value is -1.35. The summed E-state index contributed by atoms with van der Waals surface area (Å²) in [6.45, 7) is 0. The summed E-state index contributed by atoms with van der Waals surface area (Å²) in [5.41, 5.74) is 2.10. The lowest BCUT2D eigenvalue weighted by Crippen LogP contribution is -2.27. The average Bonchev–Trinajstić information content (AvgIpc) is 2.55.